The summed E-state index contributed by atoms with van der Waals surface area (Å²) in [7, 11) is 0. The fourth-order valence-corrected chi connectivity index (χ4v) is 1.29. The van der Waals surface area contributed by atoms with Crippen LogP contribution in [0.3, 0.4) is 0 Å². The Labute approximate surface area is 89.1 Å². The summed E-state index contributed by atoms with van der Waals surface area (Å²) in [6.07, 6.45) is 2.71. The molecule has 0 aliphatic heterocycles. The highest BCUT2D eigenvalue weighted by Gasteiger charge is 2.15. The van der Waals surface area contributed by atoms with Crippen molar-refractivity contribution in [3.8, 4) is 0 Å². The van der Waals surface area contributed by atoms with Gasteiger partial charge >= 0.3 is 0 Å². The number of aliphatic hydroxyl groups is 1. The molecule has 15 heavy (non-hydrogen) atoms. The first kappa shape index (κ1) is 11.7. The van der Waals surface area contributed by atoms with Gasteiger partial charge < -0.3 is 10.8 Å². The van der Waals surface area contributed by atoms with Gasteiger partial charge in [-0.1, -0.05) is 0 Å². The molecule has 82 valence electrons. The van der Waals surface area contributed by atoms with Crippen LogP contribution in [-0.4, -0.2) is 21.6 Å². The molecule has 0 unspecified atom stereocenters. The summed E-state index contributed by atoms with van der Waals surface area (Å²) >= 11 is 0. The molecule has 1 aromatic rings. The van der Waals surface area contributed by atoms with Crippen LogP contribution in [0.1, 0.15) is 36.3 Å². The number of aromatic nitrogens is 1. The zero-order valence-corrected chi connectivity index (χ0v) is 9.03. The predicted molar refractivity (Wildman–Crippen MR) is 57.4 cm³/mol. The molecule has 1 rings (SSSR count). The second kappa shape index (κ2) is 4.40. The lowest BCUT2D eigenvalue weighted by Gasteiger charge is -2.16. The van der Waals surface area contributed by atoms with Gasteiger partial charge in [-0.3, -0.25) is 9.78 Å². The first-order valence-corrected chi connectivity index (χ1v) is 4.86. The standard InChI is InChI=1S/C11H16N2O2/c1-11(2,15)6-5-9-8(10(12)14)4-3-7-13-9/h3-4,7,15H,5-6H2,1-2H3,(H2,12,14). The molecule has 0 spiro atoms. The lowest BCUT2D eigenvalue weighted by Crippen LogP contribution is -2.21. The summed E-state index contributed by atoms with van der Waals surface area (Å²) in [4.78, 5) is 15.2. The Morgan fingerprint density at radius 2 is 2.27 bits per heavy atom. The number of aryl methyl sites for hydroxylation is 1. The van der Waals surface area contributed by atoms with E-state index in [4.69, 9.17) is 5.73 Å². The Hall–Kier alpha value is -1.42. The van der Waals surface area contributed by atoms with Crippen LogP contribution in [0.25, 0.3) is 0 Å². The van der Waals surface area contributed by atoms with Crippen LogP contribution in [0.5, 0.6) is 0 Å². The van der Waals surface area contributed by atoms with Gasteiger partial charge in [0.1, 0.15) is 0 Å². The Morgan fingerprint density at radius 3 is 2.80 bits per heavy atom. The highest BCUT2D eigenvalue weighted by molar-refractivity contribution is 5.93. The number of amides is 1. The smallest absolute Gasteiger partial charge is 0.250 e. The first-order valence-electron chi connectivity index (χ1n) is 4.86. The van der Waals surface area contributed by atoms with Gasteiger partial charge in [0, 0.05) is 6.20 Å². The molecule has 0 aromatic carbocycles. The minimum absolute atomic E-state index is 0.432. The molecule has 1 aromatic heterocycles. The third-order valence-electron chi connectivity index (χ3n) is 2.13. The van der Waals surface area contributed by atoms with E-state index in [9.17, 15) is 9.90 Å². The molecule has 3 N–H and O–H groups in total. The summed E-state index contributed by atoms with van der Waals surface area (Å²) in [5.74, 6) is -0.478. The van der Waals surface area contributed by atoms with Crippen LogP contribution < -0.4 is 5.73 Å². The van der Waals surface area contributed by atoms with Crippen molar-refractivity contribution < 1.29 is 9.90 Å². The van der Waals surface area contributed by atoms with E-state index >= 15 is 0 Å². The molecule has 0 radical (unpaired) electrons. The van der Waals surface area contributed by atoms with Crippen LogP contribution in [0.2, 0.25) is 0 Å². The van der Waals surface area contributed by atoms with Gasteiger partial charge in [-0.25, -0.2) is 0 Å². The molecule has 4 nitrogen and oxygen atoms in total. The van der Waals surface area contributed by atoms with Crippen LogP contribution in [-0.2, 0) is 6.42 Å². The maximum absolute atomic E-state index is 11.1. The summed E-state index contributed by atoms with van der Waals surface area (Å²) in [6.45, 7) is 3.44. The normalized spacial score (nSPS) is 11.4. The number of carbonyl (C=O) groups excluding carboxylic acids is 1. The average molecular weight is 208 g/mol. The number of hydrogen-bond donors (Lipinski definition) is 2. The van der Waals surface area contributed by atoms with Gasteiger partial charge in [-0.05, 0) is 38.8 Å². The number of carbonyl (C=O) groups is 1. The zero-order valence-electron chi connectivity index (χ0n) is 9.03. The van der Waals surface area contributed by atoms with E-state index in [1.807, 2.05) is 0 Å². The molecule has 0 saturated heterocycles. The van der Waals surface area contributed by atoms with Crippen molar-refractivity contribution >= 4 is 5.91 Å². The second-order valence-corrected chi connectivity index (χ2v) is 4.17. The van der Waals surface area contributed by atoms with Gasteiger partial charge in [0.15, 0.2) is 0 Å². The lowest BCUT2D eigenvalue weighted by atomic mass is 9.99. The van der Waals surface area contributed by atoms with Crippen molar-refractivity contribution in [2.45, 2.75) is 32.3 Å². The summed E-state index contributed by atoms with van der Waals surface area (Å²) in [5, 5.41) is 9.56. The number of primary amides is 1. The van der Waals surface area contributed by atoms with Gasteiger partial charge in [-0.15, -0.1) is 0 Å². The molecular formula is C11H16N2O2. The van der Waals surface area contributed by atoms with Gasteiger partial charge in [0.2, 0.25) is 0 Å². The van der Waals surface area contributed by atoms with Crippen LogP contribution in [0, 0.1) is 0 Å². The number of nitrogens with two attached hydrogens (primary N) is 1. The molecule has 0 aliphatic carbocycles. The number of rotatable bonds is 4. The third kappa shape index (κ3) is 3.67. The fourth-order valence-electron chi connectivity index (χ4n) is 1.29. The minimum Gasteiger partial charge on any atom is -0.390 e. The highest BCUT2D eigenvalue weighted by Crippen LogP contribution is 2.14. The summed E-state index contributed by atoms with van der Waals surface area (Å²) < 4.78 is 0. The average Bonchev–Trinajstić information content (AvgIpc) is 2.14. The van der Waals surface area contributed by atoms with E-state index in [0.29, 0.717) is 24.1 Å². The Bertz CT molecular complexity index is 356. The van der Waals surface area contributed by atoms with Crippen molar-refractivity contribution in [3.05, 3.63) is 29.6 Å². The maximum atomic E-state index is 11.1. The van der Waals surface area contributed by atoms with E-state index < -0.39 is 11.5 Å². The fraction of sp³-hybridized carbons (Fsp3) is 0.455. The van der Waals surface area contributed by atoms with E-state index in [2.05, 4.69) is 4.98 Å². The largest absolute Gasteiger partial charge is 0.390 e. The number of nitrogens with zero attached hydrogens (tertiary/aromatic N) is 1. The number of hydrogen-bond acceptors (Lipinski definition) is 3. The molecule has 1 amide bonds. The van der Waals surface area contributed by atoms with E-state index in [1.54, 1.807) is 32.2 Å². The SMILES string of the molecule is CC(C)(O)CCc1ncccc1C(N)=O. The van der Waals surface area contributed by atoms with Crippen molar-refractivity contribution in [2.24, 2.45) is 5.73 Å². The Kier molecular flexibility index (Phi) is 3.42. The Morgan fingerprint density at radius 1 is 1.60 bits per heavy atom. The molecular weight excluding hydrogens is 192 g/mol. The van der Waals surface area contributed by atoms with Crippen LogP contribution in [0.4, 0.5) is 0 Å². The van der Waals surface area contributed by atoms with E-state index in [-0.39, 0.29) is 0 Å². The topological polar surface area (TPSA) is 76.2 Å². The minimum atomic E-state index is -0.758. The third-order valence-corrected chi connectivity index (χ3v) is 2.13. The van der Waals surface area contributed by atoms with Gasteiger partial charge in [0.25, 0.3) is 5.91 Å². The highest BCUT2D eigenvalue weighted by atomic mass is 16.3. The molecule has 4 heteroatoms. The quantitative estimate of drug-likeness (QED) is 0.771. The van der Waals surface area contributed by atoms with Crippen molar-refractivity contribution in [1.82, 2.24) is 4.98 Å². The lowest BCUT2D eigenvalue weighted by molar-refractivity contribution is 0.0708. The molecule has 0 bridgehead atoms. The van der Waals surface area contributed by atoms with E-state index in [1.165, 1.54) is 0 Å². The van der Waals surface area contributed by atoms with Crippen molar-refractivity contribution in [3.63, 3.8) is 0 Å². The molecule has 1 heterocycles. The zero-order chi connectivity index (χ0) is 11.5. The molecule has 0 saturated carbocycles. The van der Waals surface area contributed by atoms with Crippen molar-refractivity contribution in [2.75, 3.05) is 0 Å². The predicted octanol–water partition coefficient (Wildman–Crippen LogP) is 0.884. The monoisotopic (exact) mass is 208 g/mol. The van der Waals surface area contributed by atoms with Gasteiger partial charge in [0.05, 0.1) is 16.9 Å². The molecule has 0 aliphatic rings. The summed E-state index contributed by atoms with van der Waals surface area (Å²) in [6, 6.07) is 3.32. The van der Waals surface area contributed by atoms with Crippen LogP contribution in [0.15, 0.2) is 18.3 Å². The number of pyridine rings is 1. The second-order valence-electron chi connectivity index (χ2n) is 4.17. The van der Waals surface area contributed by atoms with Gasteiger partial charge in [-0.2, -0.15) is 0 Å². The first-order chi connectivity index (χ1) is 6.90. The maximum Gasteiger partial charge on any atom is 0.250 e. The molecule has 0 fully saturated rings. The molecule has 0 atom stereocenters. The van der Waals surface area contributed by atoms with E-state index in [0.717, 1.165) is 0 Å². The van der Waals surface area contributed by atoms with Crippen molar-refractivity contribution in [1.29, 1.82) is 0 Å². The summed E-state index contributed by atoms with van der Waals surface area (Å²) in [5.41, 5.74) is 5.53. The Balaban J connectivity index is 2.81. The van der Waals surface area contributed by atoms with Crippen LogP contribution >= 0.6 is 0 Å².